The minimum absolute atomic E-state index is 0.0381. The summed E-state index contributed by atoms with van der Waals surface area (Å²) in [5.41, 5.74) is 0.544. The maximum atomic E-state index is 11.1. The summed E-state index contributed by atoms with van der Waals surface area (Å²) in [5, 5.41) is 0. The fourth-order valence-corrected chi connectivity index (χ4v) is 1.45. The number of ether oxygens (including phenoxy) is 1. The predicted octanol–water partition coefficient (Wildman–Crippen LogP) is 2.69. The van der Waals surface area contributed by atoms with E-state index >= 15 is 0 Å². The van der Waals surface area contributed by atoms with Gasteiger partial charge in [-0.2, -0.15) is 0 Å². The van der Waals surface area contributed by atoms with Gasteiger partial charge in [-0.3, -0.25) is 0 Å². The summed E-state index contributed by atoms with van der Waals surface area (Å²) in [6, 6.07) is 0. The van der Waals surface area contributed by atoms with Crippen molar-refractivity contribution >= 4 is 5.97 Å². The van der Waals surface area contributed by atoms with Crippen molar-refractivity contribution in [1.82, 2.24) is 0 Å². The second-order valence-corrected chi connectivity index (χ2v) is 3.92. The monoisotopic (exact) mass is 206 g/mol. The molecule has 15 heavy (non-hydrogen) atoms. The first-order valence-corrected chi connectivity index (χ1v) is 5.55. The van der Waals surface area contributed by atoms with Crippen molar-refractivity contribution in [2.24, 2.45) is 5.92 Å². The lowest BCUT2D eigenvalue weighted by Crippen LogP contribution is -2.10. The van der Waals surface area contributed by atoms with E-state index in [-0.39, 0.29) is 18.0 Å². The van der Waals surface area contributed by atoms with Gasteiger partial charge in [-0.1, -0.05) is 45.1 Å². The molecule has 0 aromatic heterocycles. The Labute approximate surface area is 91.7 Å². The van der Waals surface area contributed by atoms with Crippen LogP contribution in [0.15, 0.2) is 12.2 Å². The third-order valence-electron chi connectivity index (χ3n) is 2.65. The van der Waals surface area contributed by atoms with Crippen molar-refractivity contribution < 1.29 is 9.53 Å². The summed E-state index contributed by atoms with van der Waals surface area (Å²) in [4.78, 5) is 11.1. The van der Waals surface area contributed by atoms with Crippen LogP contribution < -0.4 is 0 Å². The molecule has 1 rings (SSSR count). The molecule has 0 radical (unpaired) electrons. The molecule has 0 unspecified atom stereocenters. The van der Waals surface area contributed by atoms with Crippen molar-refractivity contribution in [3.8, 4) is 11.8 Å². The van der Waals surface area contributed by atoms with Crippen molar-refractivity contribution in [1.29, 1.82) is 0 Å². The van der Waals surface area contributed by atoms with Crippen molar-refractivity contribution in [3.63, 3.8) is 0 Å². The Bertz CT molecular complexity index is 306. The fourth-order valence-electron chi connectivity index (χ4n) is 1.45. The molecule has 1 aliphatic heterocycles. The molecule has 0 N–H and O–H groups in total. The van der Waals surface area contributed by atoms with Crippen LogP contribution in [0.5, 0.6) is 0 Å². The molecular formula is C13H18O2. The van der Waals surface area contributed by atoms with Gasteiger partial charge in [0.15, 0.2) is 6.10 Å². The maximum absolute atomic E-state index is 11.1. The van der Waals surface area contributed by atoms with Crippen LogP contribution in [0, 0.1) is 17.8 Å². The molecule has 1 saturated heterocycles. The SMILES string of the molecule is C=C1C(=O)O[C@@H](C#CCCCCC)[C@@H]1C. The van der Waals surface area contributed by atoms with Gasteiger partial charge >= 0.3 is 5.97 Å². The predicted molar refractivity (Wildman–Crippen MR) is 60.1 cm³/mol. The number of hydrogen-bond acceptors (Lipinski definition) is 2. The fraction of sp³-hybridized carbons (Fsp3) is 0.615. The van der Waals surface area contributed by atoms with Gasteiger partial charge in [0.05, 0.1) is 0 Å². The normalized spacial score (nSPS) is 24.7. The Morgan fingerprint density at radius 2 is 2.20 bits per heavy atom. The van der Waals surface area contributed by atoms with Gasteiger partial charge in [0.2, 0.25) is 0 Å². The van der Waals surface area contributed by atoms with Gasteiger partial charge in [-0.05, 0) is 6.42 Å². The smallest absolute Gasteiger partial charge is 0.335 e. The first kappa shape index (κ1) is 11.8. The minimum Gasteiger partial charge on any atom is -0.445 e. The maximum Gasteiger partial charge on any atom is 0.335 e. The summed E-state index contributed by atoms with van der Waals surface area (Å²) < 4.78 is 5.08. The second-order valence-electron chi connectivity index (χ2n) is 3.92. The highest BCUT2D eigenvalue weighted by Crippen LogP contribution is 2.25. The molecule has 0 spiro atoms. The van der Waals surface area contributed by atoms with Crippen LogP contribution in [-0.4, -0.2) is 12.1 Å². The van der Waals surface area contributed by atoms with Crippen molar-refractivity contribution in [2.45, 2.75) is 45.6 Å². The van der Waals surface area contributed by atoms with Crippen molar-refractivity contribution in [2.75, 3.05) is 0 Å². The third-order valence-corrected chi connectivity index (χ3v) is 2.65. The lowest BCUT2D eigenvalue weighted by Gasteiger charge is -2.04. The first-order chi connectivity index (χ1) is 7.16. The first-order valence-electron chi connectivity index (χ1n) is 5.55. The summed E-state index contributed by atoms with van der Waals surface area (Å²) in [6.07, 6.45) is 4.15. The molecular weight excluding hydrogens is 188 g/mol. The van der Waals surface area contributed by atoms with Crippen LogP contribution in [0.4, 0.5) is 0 Å². The molecule has 82 valence electrons. The zero-order valence-electron chi connectivity index (χ0n) is 9.51. The lowest BCUT2D eigenvalue weighted by molar-refractivity contribution is -0.137. The zero-order valence-corrected chi connectivity index (χ0v) is 9.51. The average molecular weight is 206 g/mol. The molecule has 2 nitrogen and oxygen atoms in total. The van der Waals surface area contributed by atoms with E-state index in [0.29, 0.717) is 5.57 Å². The van der Waals surface area contributed by atoms with E-state index in [4.69, 9.17) is 4.74 Å². The minimum atomic E-state index is -0.296. The van der Waals surface area contributed by atoms with Crippen LogP contribution in [0.2, 0.25) is 0 Å². The van der Waals surface area contributed by atoms with E-state index in [1.807, 2.05) is 6.92 Å². The molecule has 0 aliphatic carbocycles. The molecule has 0 amide bonds. The van der Waals surface area contributed by atoms with E-state index in [9.17, 15) is 4.79 Å². The summed E-state index contributed by atoms with van der Waals surface area (Å²) in [7, 11) is 0. The number of carbonyl (C=O) groups excluding carboxylic acids is 1. The number of carbonyl (C=O) groups is 1. The highest BCUT2D eigenvalue weighted by atomic mass is 16.5. The molecule has 0 saturated carbocycles. The van der Waals surface area contributed by atoms with Crippen LogP contribution in [0.1, 0.15) is 39.5 Å². The standard InChI is InChI=1S/C13H18O2/c1-4-5-6-7-8-9-12-10(2)11(3)13(14)15-12/h10,12H,3-7H2,1-2H3/t10-,12+/m1/s1. The topological polar surface area (TPSA) is 26.3 Å². The van der Waals surface area contributed by atoms with E-state index in [1.165, 1.54) is 12.8 Å². The van der Waals surface area contributed by atoms with Gasteiger partial charge in [-0.15, -0.1) is 0 Å². The van der Waals surface area contributed by atoms with Crippen LogP contribution in [0.25, 0.3) is 0 Å². The molecule has 2 heteroatoms. The largest absolute Gasteiger partial charge is 0.445 e. The number of esters is 1. The number of unbranched alkanes of at least 4 members (excludes halogenated alkanes) is 3. The number of hydrogen-bond donors (Lipinski definition) is 0. The van der Waals surface area contributed by atoms with Crippen LogP contribution in [-0.2, 0) is 9.53 Å². The third kappa shape index (κ3) is 3.13. The van der Waals surface area contributed by atoms with Gasteiger partial charge in [0.25, 0.3) is 0 Å². The Morgan fingerprint density at radius 1 is 1.47 bits per heavy atom. The number of rotatable bonds is 3. The summed E-state index contributed by atoms with van der Waals surface area (Å²) >= 11 is 0. The molecule has 1 heterocycles. The molecule has 1 fully saturated rings. The van der Waals surface area contributed by atoms with Crippen LogP contribution >= 0.6 is 0 Å². The number of cyclic esters (lactones) is 1. The Morgan fingerprint density at radius 3 is 2.73 bits per heavy atom. The Hall–Kier alpha value is -1.23. The Kier molecular flexibility index (Phi) is 4.42. The van der Waals surface area contributed by atoms with Crippen LogP contribution in [0.3, 0.4) is 0 Å². The lowest BCUT2D eigenvalue weighted by atomic mass is 10.00. The van der Waals surface area contributed by atoms with Gasteiger partial charge in [0, 0.05) is 17.9 Å². The molecule has 0 bridgehead atoms. The highest BCUT2D eigenvalue weighted by molar-refractivity contribution is 5.91. The van der Waals surface area contributed by atoms with E-state index in [1.54, 1.807) is 0 Å². The van der Waals surface area contributed by atoms with E-state index < -0.39 is 0 Å². The highest BCUT2D eigenvalue weighted by Gasteiger charge is 2.33. The molecule has 1 aliphatic rings. The van der Waals surface area contributed by atoms with E-state index in [0.717, 1.165) is 12.8 Å². The second kappa shape index (κ2) is 5.60. The molecule has 0 aromatic carbocycles. The quantitative estimate of drug-likeness (QED) is 0.307. The summed E-state index contributed by atoms with van der Waals surface area (Å²) in [5.74, 6) is 5.80. The average Bonchev–Trinajstić information content (AvgIpc) is 2.46. The Balaban J connectivity index is 2.39. The molecule has 2 atom stereocenters. The zero-order chi connectivity index (χ0) is 11.3. The van der Waals surface area contributed by atoms with Gasteiger partial charge in [-0.25, -0.2) is 4.79 Å². The van der Waals surface area contributed by atoms with Gasteiger partial charge < -0.3 is 4.74 Å². The van der Waals surface area contributed by atoms with Crippen molar-refractivity contribution in [3.05, 3.63) is 12.2 Å². The van der Waals surface area contributed by atoms with E-state index in [2.05, 4.69) is 25.3 Å². The molecule has 0 aromatic rings. The summed E-state index contributed by atoms with van der Waals surface area (Å²) in [6.45, 7) is 7.78. The van der Waals surface area contributed by atoms with Gasteiger partial charge in [0.1, 0.15) is 0 Å².